The van der Waals surface area contributed by atoms with Crippen molar-refractivity contribution < 1.29 is 18.3 Å². The van der Waals surface area contributed by atoms with Crippen molar-refractivity contribution in [3.8, 4) is 5.75 Å². The summed E-state index contributed by atoms with van der Waals surface area (Å²) in [7, 11) is 0. The fourth-order valence-corrected chi connectivity index (χ4v) is 3.83. The summed E-state index contributed by atoms with van der Waals surface area (Å²) in [6, 6.07) is 6.07. The highest BCUT2D eigenvalue weighted by Gasteiger charge is 2.19. The molecule has 1 amide bonds. The highest BCUT2D eigenvalue weighted by molar-refractivity contribution is 8.02. The predicted octanol–water partition coefficient (Wildman–Crippen LogP) is 4.47. The van der Waals surface area contributed by atoms with E-state index in [0.29, 0.717) is 9.47 Å². The summed E-state index contributed by atoms with van der Waals surface area (Å²) in [5, 5.41) is 14.1. The van der Waals surface area contributed by atoms with Gasteiger partial charge in [0.15, 0.2) is 4.34 Å². The minimum absolute atomic E-state index is 0.0774. The van der Waals surface area contributed by atoms with Crippen LogP contribution in [0.5, 0.6) is 5.75 Å². The highest BCUT2D eigenvalue weighted by Crippen LogP contribution is 2.31. The largest absolute Gasteiger partial charge is 0.433 e. The van der Waals surface area contributed by atoms with Gasteiger partial charge in [-0.1, -0.05) is 48.6 Å². The molecular formula is C16H20F2N4O2S2. The number of halogens is 2. The summed E-state index contributed by atoms with van der Waals surface area (Å²) in [5.41, 5.74) is 0.199. The Morgan fingerprint density at radius 2 is 2.12 bits per heavy atom. The van der Waals surface area contributed by atoms with Crippen molar-refractivity contribution in [3.05, 3.63) is 24.3 Å². The Balaban J connectivity index is 1.92. The molecule has 1 aromatic carbocycles. The van der Waals surface area contributed by atoms with Crippen LogP contribution in [0.15, 0.2) is 28.6 Å². The number of hydrogen-bond donors (Lipinski definition) is 2. The van der Waals surface area contributed by atoms with Crippen molar-refractivity contribution in [1.29, 1.82) is 0 Å². The van der Waals surface area contributed by atoms with Gasteiger partial charge in [0.05, 0.1) is 10.9 Å². The van der Waals surface area contributed by atoms with Crippen molar-refractivity contribution in [2.45, 2.75) is 42.9 Å². The number of unbranched alkanes of at least 4 members (excludes halogenated alkanes) is 1. The lowest BCUT2D eigenvalue weighted by molar-refractivity contribution is -0.115. The van der Waals surface area contributed by atoms with E-state index in [-0.39, 0.29) is 17.3 Å². The summed E-state index contributed by atoms with van der Waals surface area (Å²) in [4.78, 5) is 12.3. The summed E-state index contributed by atoms with van der Waals surface area (Å²) in [5.74, 6) is -0.414. The maximum absolute atomic E-state index is 12.4. The molecule has 0 spiro atoms. The molecule has 0 aliphatic carbocycles. The van der Waals surface area contributed by atoms with Crippen molar-refractivity contribution in [2.75, 3.05) is 17.2 Å². The molecule has 26 heavy (non-hydrogen) atoms. The monoisotopic (exact) mass is 402 g/mol. The lowest BCUT2D eigenvalue weighted by Crippen LogP contribution is -2.23. The molecule has 0 aliphatic heterocycles. The maximum atomic E-state index is 12.4. The molecule has 6 nitrogen and oxygen atoms in total. The molecule has 0 unspecified atom stereocenters. The van der Waals surface area contributed by atoms with Gasteiger partial charge in [-0.05, 0) is 25.5 Å². The number of benzene rings is 1. The summed E-state index contributed by atoms with van der Waals surface area (Å²) in [6.45, 7) is 1.68. The van der Waals surface area contributed by atoms with Gasteiger partial charge in [-0.25, -0.2) is 0 Å². The first-order chi connectivity index (χ1) is 12.5. The number of carbonyl (C=O) groups excluding carboxylic acids is 1. The Kier molecular flexibility index (Phi) is 8.05. The number of anilines is 2. The molecule has 0 fully saturated rings. The first kappa shape index (κ1) is 20.4. The van der Waals surface area contributed by atoms with E-state index in [9.17, 15) is 13.6 Å². The van der Waals surface area contributed by atoms with Gasteiger partial charge in [-0.3, -0.25) is 4.79 Å². The minimum Gasteiger partial charge on any atom is -0.433 e. The van der Waals surface area contributed by atoms with Crippen LogP contribution in [0.3, 0.4) is 0 Å². The van der Waals surface area contributed by atoms with E-state index in [1.165, 1.54) is 35.2 Å². The summed E-state index contributed by atoms with van der Waals surface area (Å²) < 4.78 is 29.9. The number of nitrogens with one attached hydrogen (secondary N) is 2. The molecule has 1 atom stereocenters. The van der Waals surface area contributed by atoms with Gasteiger partial charge in [0.2, 0.25) is 11.0 Å². The first-order valence-corrected chi connectivity index (χ1v) is 9.78. The number of rotatable bonds is 10. The fourth-order valence-electron chi connectivity index (χ4n) is 1.91. The molecule has 142 valence electrons. The molecule has 2 rings (SSSR count). The molecule has 1 aromatic heterocycles. The van der Waals surface area contributed by atoms with Crippen LogP contribution in [-0.4, -0.2) is 34.5 Å². The van der Waals surface area contributed by atoms with Gasteiger partial charge < -0.3 is 15.4 Å². The van der Waals surface area contributed by atoms with Crippen LogP contribution in [0.1, 0.15) is 26.7 Å². The second kappa shape index (κ2) is 10.3. The molecule has 2 N–H and O–H groups in total. The Morgan fingerprint density at radius 3 is 2.85 bits per heavy atom. The average molecular weight is 402 g/mol. The third kappa shape index (κ3) is 6.41. The van der Waals surface area contributed by atoms with Crippen LogP contribution >= 0.6 is 23.1 Å². The Hall–Kier alpha value is -1.94. The zero-order valence-corrected chi connectivity index (χ0v) is 16.0. The lowest BCUT2D eigenvalue weighted by Gasteiger charge is -2.14. The van der Waals surface area contributed by atoms with Crippen molar-refractivity contribution in [1.82, 2.24) is 10.2 Å². The van der Waals surface area contributed by atoms with Gasteiger partial charge >= 0.3 is 6.61 Å². The number of thioether (sulfide) groups is 1. The number of amides is 1. The number of hydrogen-bond acceptors (Lipinski definition) is 7. The van der Waals surface area contributed by atoms with Crippen LogP contribution < -0.4 is 15.4 Å². The van der Waals surface area contributed by atoms with E-state index in [1.807, 2.05) is 0 Å². The van der Waals surface area contributed by atoms with Gasteiger partial charge in [0.25, 0.3) is 0 Å². The molecule has 10 heteroatoms. The molecule has 0 aliphatic rings. The molecule has 2 aromatic rings. The Morgan fingerprint density at radius 1 is 1.35 bits per heavy atom. The van der Waals surface area contributed by atoms with Crippen LogP contribution in [0.25, 0.3) is 0 Å². The predicted molar refractivity (Wildman–Crippen MR) is 100 cm³/mol. The highest BCUT2D eigenvalue weighted by atomic mass is 32.2. The lowest BCUT2D eigenvalue weighted by atomic mass is 10.3. The van der Waals surface area contributed by atoms with Crippen molar-refractivity contribution in [2.24, 2.45) is 0 Å². The van der Waals surface area contributed by atoms with E-state index in [1.54, 1.807) is 19.1 Å². The number of aromatic nitrogens is 2. The second-order valence-corrected chi connectivity index (χ2v) is 7.84. The third-order valence-electron chi connectivity index (χ3n) is 3.22. The molecule has 0 saturated heterocycles. The Labute approximate surface area is 158 Å². The van der Waals surface area contributed by atoms with Crippen molar-refractivity contribution >= 4 is 39.8 Å². The standard InChI is InChI=1S/C16H20F2N4O2S2/c1-3-4-9-19-15-21-22-16(26-15)25-10(2)13(23)20-11-7-5-6-8-12(11)24-14(17)18/h5-8,10,14H,3-4,9H2,1-2H3,(H,19,21)(H,20,23)/t10-/m0/s1. The quantitative estimate of drug-likeness (QED) is 0.451. The number of ether oxygens (including phenoxy) is 1. The zero-order chi connectivity index (χ0) is 18.9. The van der Waals surface area contributed by atoms with E-state index in [4.69, 9.17) is 0 Å². The smallest absolute Gasteiger partial charge is 0.387 e. The fraction of sp³-hybridized carbons (Fsp3) is 0.438. The van der Waals surface area contributed by atoms with Gasteiger partial charge in [0.1, 0.15) is 5.75 Å². The van der Waals surface area contributed by atoms with Gasteiger partial charge in [-0.15, -0.1) is 10.2 Å². The van der Waals surface area contributed by atoms with E-state index < -0.39 is 11.9 Å². The Bertz CT molecular complexity index is 715. The maximum Gasteiger partial charge on any atom is 0.387 e. The third-order valence-corrected chi connectivity index (χ3v) is 5.29. The molecule has 0 radical (unpaired) electrons. The zero-order valence-electron chi connectivity index (χ0n) is 14.4. The van der Waals surface area contributed by atoms with Gasteiger partial charge in [-0.2, -0.15) is 8.78 Å². The van der Waals surface area contributed by atoms with Crippen LogP contribution in [-0.2, 0) is 4.79 Å². The van der Waals surface area contributed by atoms with Crippen LogP contribution in [0, 0.1) is 0 Å². The average Bonchev–Trinajstić information content (AvgIpc) is 3.03. The summed E-state index contributed by atoms with van der Waals surface area (Å²) >= 11 is 2.63. The summed E-state index contributed by atoms with van der Waals surface area (Å²) in [6.07, 6.45) is 2.13. The van der Waals surface area contributed by atoms with Gasteiger partial charge in [0, 0.05) is 6.54 Å². The SMILES string of the molecule is CCCCNc1nnc(S[C@@H](C)C(=O)Nc2ccccc2OC(F)F)s1. The van der Waals surface area contributed by atoms with E-state index in [2.05, 4.69) is 32.5 Å². The molecule has 0 bridgehead atoms. The van der Waals surface area contributed by atoms with Crippen molar-refractivity contribution in [3.63, 3.8) is 0 Å². The normalized spacial score (nSPS) is 12.0. The first-order valence-electron chi connectivity index (χ1n) is 8.08. The molecule has 1 heterocycles. The number of carbonyl (C=O) groups is 1. The van der Waals surface area contributed by atoms with E-state index >= 15 is 0 Å². The van der Waals surface area contributed by atoms with E-state index in [0.717, 1.165) is 19.4 Å². The van der Waals surface area contributed by atoms with Crippen LogP contribution in [0.4, 0.5) is 19.6 Å². The topological polar surface area (TPSA) is 76.1 Å². The number of nitrogens with zero attached hydrogens (tertiary/aromatic N) is 2. The molecule has 0 saturated carbocycles. The second-order valence-electron chi connectivity index (χ2n) is 5.28. The van der Waals surface area contributed by atoms with Crippen LogP contribution in [0.2, 0.25) is 0 Å². The molecular weight excluding hydrogens is 382 g/mol. The number of alkyl halides is 2. The minimum atomic E-state index is -2.96. The number of para-hydroxylation sites is 2.